The molecule has 16 heavy (non-hydrogen) atoms. The van der Waals surface area contributed by atoms with E-state index in [1.807, 2.05) is 6.92 Å². The third-order valence-electron chi connectivity index (χ3n) is 4.41. The maximum absolute atomic E-state index is 11.5. The molecule has 2 fully saturated rings. The number of methoxy groups -OCH3 is 1. The Morgan fingerprint density at radius 2 is 1.94 bits per heavy atom. The molecule has 92 valence electrons. The number of fused-ring (bicyclic) bond motifs is 1. The predicted octanol–water partition coefficient (Wildman–Crippen LogP) is 2.06. The van der Waals surface area contributed by atoms with Crippen molar-refractivity contribution in [1.82, 2.24) is 4.90 Å². The van der Waals surface area contributed by atoms with E-state index in [1.165, 1.54) is 39.2 Å². The molecule has 0 amide bonds. The first-order valence-electron chi connectivity index (χ1n) is 6.54. The minimum atomic E-state index is -0.0886. The second kappa shape index (κ2) is 5.17. The summed E-state index contributed by atoms with van der Waals surface area (Å²) in [4.78, 5) is 13.8. The first-order valence-corrected chi connectivity index (χ1v) is 6.54. The van der Waals surface area contributed by atoms with E-state index in [2.05, 4.69) is 4.90 Å². The Morgan fingerprint density at radius 1 is 1.25 bits per heavy atom. The van der Waals surface area contributed by atoms with Gasteiger partial charge in [0, 0.05) is 6.54 Å². The van der Waals surface area contributed by atoms with Crippen molar-refractivity contribution in [1.29, 1.82) is 0 Å². The Kier molecular flexibility index (Phi) is 3.85. The third kappa shape index (κ3) is 2.40. The highest BCUT2D eigenvalue weighted by Gasteiger charge is 2.34. The van der Waals surface area contributed by atoms with Gasteiger partial charge in [-0.3, -0.25) is 9.69 Å². The standard InChI is InChI=1S/C13H23NO2/c1-10(13(15)16-2)14-8-7-11-5-3-4-6-12(11)9-14/h10-12H,3-9H2,1-2H3. The number of carbonyl (C=O) groups excluding carboxylic acids is 1. The molecule has 3 atom stereocenters. The van der Waals surface area contributed by atoms with Gasteiger partial charge < -0.3 is 4.74 Å². The molecular weight excluding hydrogens is 202 g/mol. The third-order valence-corrected chi connectivity index (χ3v) is 4.41. The first kappa shape index (κ1) is 11.9. The van der Waals surface area contributed by atoms with Crippen LogP contribution in [0, 0.1) is 11.8 Å². The van der Waals surface area contributed by atoms with Crippen LogP contribution in [0.1, 0.15) is 39.0 Å². The number of esters is 1. The largest absolute Gasteiger partial charge is 0.468 e. The van der Waals surface area contributed by atoms with Crippen molar-refractivity contribution in [2.75, 3.05) is 20.2 Å². The Hall–Kier alpha value is -0.570. The van der Waals surface area contributed by atoms with E-state index in [1.54, 1.807) is 0 Å². The van der Waals surface area contributed by atoms with E-state index in [4.69, 9.17) is 4.74 Å². The molecule has 0 aromatic rings. The number of hydrogen-bond acceptors (Lipinski definition) is 3. The van der Waals surface area contributed by atoms with E-state index in [9.17, 15) is 4.79 Å². The summed E-state index contributed by atoms with van der Waals surface area (Å²) in [6.45, 7) is 4.13. The fourth-order valence-corrected chi connectivity index (χ4v) is 3.30. The Labute approximate surface area is 98.1 Å². The van der Waals surface area contributed by atoms with Gasteiger partial charge in [-0.2, -0.15) is 0 Å². The van der Waals surface area contributed by atoms with E-state index in [-0.39, 0.29) is 12.0 Å². The quantitative estimate of drug-likeness (QED) is 0.674. The first-order chi connectivity index (χ1) is 7.72. The Balaban J connectivity index is 1.91. The summed E-state index contributed by atoms with van der Waals surface area (Å²) in [6, 6.07) is -0.0622. The highest BCUT2D eigenvalue weighted by Crippen LogP contribution is 2.36. The van der Waals surface area contributed by atoms with Crippen LogP contribution in [0.5, 0.6) is 0 Å². The second-order valence-corrected chi connectivity index (χ2v) is 5.29. The zero-order chi connectivity index (χ0) is 11.5. The zero-order valence-electron chi connectivity index (χ0n) is 10.4. The summed E-state index contributed by atoms with van der Waals surface area (Å²) in [6.07, 6.45) is 6.82. The van der Waals surface area contributed by atoms with Crippen molar-refractivity contribution in [3.63, 3.8) is 0 Å². The summed E-state index contributed by atoms with van der Waals surface area (Å²) in [5.41, 5.74) is 0. The molecule has 2 rings (SSSR count). The monoisotopic (exact) mass is 225 g/mol. The highest BCUT2D eigenvalue weighted by atomic mass is 16.5. The molecule has 1 aliphatic carbocycles. The van der Waals surface area contributed by atoms with Crippen molar-refractivity contribution < 1.29 is 9.53 Å². The SMILES string of the molecule is COC(=O)C(C)N1CCC2CCCCC2C1. The van der Waals surface area contributed by atoms with Crippen LogP contribution in [0.4, 0.5) is 0 Å². The smallest absolute Gasteiger partial charge is 0.322 e. The molecule has 0 radical (unpaired) electrons. The van der Waals surface area contributed by atoms with E-state index >= 15 is 0 Å². The lowest BCUT2D eigenvalue weighted by Gasteiger charge is -2.42. The van der Waals surface area contributed by atoms with Crippen molar-refractivity contribution in [3.05, 3.63) is 0 Å². The van der Waals surface area contributed by atoms with Gasteiger partial charge >= 0.3 is 5.97 Å². The molecule has 1 saturated heterocycles. The van der Waals surface area contributed by atoms with Crippen LogP contribution in [-0.2, 0) is 9.53 Å². The van der Waals surface area contributed by atoms with Gasteiger partial charge in [0.1, 0.15) is 6.04 Å². The molecule has 1 heterocycles. The van der Waals surface area contributed by atoms with Crippen LogP contribution in [0.3, 0.4) is 0 Å². The molecule has 3 nitrogen and oxygen atoms in total. The van der Waals surface area contributed by atoms with Crippen LogP contribution in [0.2, 0.25) is 0 Å². The minimum absolute atomic E-state index is 0.0622. The van der Waals surface area contributed by atoms with Crippen molar-refractivity contribution in [2.24, 2.45) is 11.8 Å². The Morgan fingerprint density at radius 3 is 2.62 bits per heavy atom. The zero-order valence-corrected chi connectivity index (χ0v) is 10.4. The van der Waals surface area contributed by atoms with Gasteiger partial charge in [0.05, 0.1) is 7.11 Å². The molecule has 1 saturated carbocycles. The lowest BCUT2D eigenvalue weighted by molar-refractivity contribution is -0.147. The Bertz CT molecular complexity index is 254. The van der Waals surface area contributed by atoms with Gasteiger partial charge in [0.25, 0.3) is 0 Å². The van der Waals surface area contributed by atoms with Gasteiger partial charge in [-0.1, -0.05) is 19.3 Å². The second-order valence-electron chi connectivity index (χ2n) is 5.29. The molecular formula is C13H23NO2. The van der Waals surface area contributed by atoms with Crippen LogP contribution in [0.15, 0.2) is 0 Å². The molecule has 3 unspecified atom stereocenters. The molecule has 0 N–H and O–H groups in total. The number of rotatable bonds is 2. The summed E-state index contributed by atoms with van der Waals surface area (Å²) in [5.74, 6) is 1.67. The molecule has 0 spiro atoms. The lowest BCUT2D eigenvalue weighted by Crippen LogP contribution is -2.48. The summed E-state index contributed by atoms with van der Waals surface area (Å²) in [7, 11) is 1.48. The highest BCUT2D eigenvalue weighted by molar-refractivity contribution is 5.75. The molecule has 0 bridgehead atoms. The van der Waals surface area contributed by atoms with Crippen LogP contribution >= 0.6 is 0 Å². The lowest BCUT2D eigenvalue weighted by atomic mass is 9.75. The van der Waals surface area contributed by atoms with Gasteiger partial charge in [0.15, 0.2) is 0 Å². The van der Waals surface area contributed by atoms with Crippen molar-refractivity contribution in [2.45, 2.75) is 45.1 Å². The number of likely N-dealkylation sites (tertiary alicyclic amines) is 1. The van der Waals surface area contributed by atoms with E-state index in [0.29, 0.717) is 0 Å². The predicted molar refractivity (Wildman–Crippen MR) is 63.1 cm³/mol. The van der Waals surface area contributed by atoms with Gasteiger partial charge in [-0.25, -0.2) is 0 Å². The van der Waals surface area contributed by atoms with Crippen LogP contribution in [0.25, 0.3) is 0 Å². The fourth-order valence-electron chi connectivity index (χ4n) is 3.30. The fraction of sp³-hybridized carbons (Fsp3) is 0.923. The molecule has 1 aliphatic heterocycles. The van der Waals surface area contributed by atoms with Gasteiger partial charge in [-0.15, -0.1) is 0 Å². The molecule has 3 heteroatoms. The number of piperidine rings is 1. The van der Waals surface area contributed by atoms with E-state index < -0.39 is 0 Å². The number of carbonyl (C=O) groups is 1. The summed E-state index contributed by atoms with van der Waals surface area (Å²) < 4.78 is 4.82. The maximum Gasteiger partial charge on any atom is 0.322 e. The summed E-state index contributed by atoms with van der Waals surface area (Å²) in [5, 5.41) is 0. The van der Waals surface area contributed by atoms with Crippen molar-refractivity contribution >= 4 is 5.97 Å². The van der Waals surface area contributed by atoms with Crippen molar-refractivity contribution in [3.8, 4) is 0 Å². The normalized spacial score (nSPS) is 32.9. The number of ether oxygens (including phenoxy) is 1. The van der Waals surface area contributed by atoms with Gasteiger partial charge in [0.2, 0.25) is 0 Å². The number of hydrogen-bond donors (Lipinski definition) is 0. The average molecular weight is 225 g/mol. The molecule has 0 aromatic carbocycles. The molecule has 0 aromatic heterocycles. The summed E-state index contributed by atoms with van der Waals surface area (Å²) >= 11 is 0. The van der Waals surface area contributed by atoms with Gasteiger partial charge in [-0.05, 0) is 38.1 Å². The molecule has 2 aliphatic rings. The number of nitrogens with zero attached hydrogens (tertiary/aromatic N) is 1. The minimum Gasteiger partial charge on any atom is -0.468 e. The van der Waals surface area contributed by atoms with Crippen LogP contribution < -0.4 is 0 Å². The topological polar surface area (TPSA) is 29.5 Å². The average Bonchev–Trinajstić information content (AvgIpc) is 2.36. The maximum atomic E-state index is 11.5. The van der Waals surface area contributed by atoms with Crippen LogP contribution in [-0.4, -0.2) is 37.1 Å². The van der Waals surface area contributed by atoms with E-state index in [0.717, 1.165) is 24.9 Å².